The minimum atomic E-state index is -1.39. The number of fused-ring (bicyclic) bond motifs is 1. The molecule has 30 heavy (non-hydrogen) atoms. The highest BCUT2D eigenvalue weighted by atomic mass is 35.5. The number of pyridine rings is 1. The van der Waals surface area contributed by atoms with E-state index in [1.165, 1.54) is 21.9 Å². The molecule has 1 saturated carbocycles. The number of benzene rings is 1. The van der Waals surface area contributed by atoms with Gasteiger partial charge in [-0.15, -0.1) is 12.4 Å². The quantitative estimate of drug-likeness (QED) is 0.747. The van der Waals surface area contributed by atoms with Crippen LogP contribution in [0.2, 0.25) is 0 Å². The van der Waals surface area contributed by atoms with E-state index in [4.69, 9.17) is 0 Å². The average molecular weight is 438 g/mol. The molecule has 1 aromatic carbocycles. The van der Waals surface area contributed by atoms with Crippen molar-refractivity contribution in [1.29, 1.82) is 0 Å². The van der Waals surface area contributed by atoms with Crippen LogP contribution in [0.1, 0.15) is 35.7 Å². The van der Waals surface area contributed by atoms with Gasteiger partial charge in [-0.25, -0.2) is 13.6 Å². The summed E-state index contributed by atoms with van der Waals surface area (Å²) < 4.78 is 32.2. The van der Waals surface area contributed by atoms with Gasteiger partial charge < -0.3 is 19.5 Å². The van der Waals surface area contributed by atoms with Crippen molar-refractivity contribution in [3.63, 3.8) is 0 Å². The number of carboxylic acid groups (broad SMARTS) is 1. The van der Waals surface area contributed by atoms with E-state index in [0.717, 1.165) is 38.4 Å². The smallest absolute Gasteiger partial charge is 0.341 e. The number of aromatic nitrogens is 1. The fourth-order valence-corrected chi connectivity index (χ4v) is 4.56. The number of nitrogens with zero attached hydrogens (tertiary/aromatic N) is 3. The lowest BCUT2D eigenvalue weighted by Gasteiger charge is -2.23. The summed E-state index contributed by atoms with van der Waals surface area (Å²) in [5.74, 6) is -3.00. The number of likely N-dealkylation sites (N-methyl/N-ethyl adjacent to an activating group) is 1. The summed E-state index contributed by atoms with van der Waals surface area (Å²) in [6, 6.07) is 0.938. The molecule has 1 fully saturated rings. The molecule has 1 aliphatic carbocycles. The van der Waals surface area contributed by atoms with Crippen molar-refractivity contribution in [1.82, 2.24) is 9.47 Å². The van der Waals surface area contributed by atoms with Crippen LogP contribution in [0.5, 0.6) is 0 Å². The van der Waals surface area contributed by atoms with Gasteiger partial charge in [-0.2, -0.15) is 0 Å². The highest BCUT2D eigenvalue weighted by molar-refractivity contribution is 5.94. The second kappa shape index (κ2) is 7.35. The number of hydrogen-bond acceptors (Lipinski definition) is 4. The van der Waals surface area contributed by atoms with Gasteiger partial charge in [0.15, 0.2) is 5.82 Å². The molecule has 160 valence electrons. The maximum Gasteiger partial charge on any atom is 0.341 e. The molecule has 0 bridgehead atoms. The van der Waals surface area contributed by atoms with Gasteiger partial charge in [0.05, 0.1) is 10.9 Å². The van der Waals surface area contributed by atoms with Crippen LogP contribution in [0.4, 0.5) is 14.5 Å². The van der Waals surface area contributed by atoms with Crippen molar-refractivity contribution in [2.75, 3.05) is 38.1 Å². The minimum absolute atomic E-state index is 0. The summed E-state index contributed by atoms with van der Waals surface area (Å²) in [5.41, 5.74) is 0.972. The lowest BCUT2D eigenvalue weighted by atomic mass is 10.0. The monoisotopic (exact) mass is 437 g/mol. The Hall–Kier alpha value is -2.45. The van der Waals surface area contributed by atoms with Crippen molar-refractivity contribution < 1.29 is 18.7 Å². The minimum Gasteiger partial charge on any atom is -0.477 e. The number of rotatable bonds is 3. The number of halogens is 3. The summed E-state index contributed by atoms with van der Waals surface area (Å²) >= 11 is 0. The number of anilines is 1. The molecule has 0 radical (unpaired) electrons. The van der Waals surface area contributed by atoms with E-state index in [1.807, 2.05) is 7.05 Å². The summed E-state index contributed by atoms with van der Waals surface area (Å²) in [6.45, 7) is 2.65. The van der Waals surface area contributed by atoms with Crippen LogP contribution in [0.3, 0.4) is 0 Å². The Morgan fingerprint density at radius 1 is 1.17 bits per heavy atom. The van der Waals surface area contributed by atoms with Gasteiger partial charge in [0.2, 0.25) is 5.43 Å². The van der Waals surface area contributed by atoms with E-state index in [9.17, 15) is 14.7 Å². The third-order valence-corrected chi connectivity index (χ3v) is 6.19. The maximum absolute atomic E-state index is 15.7. The molecule has 1 N–H and O–H groups in total. The number of aromatic carboxylic acids is 1. The molecule has 1 aromatic heterocycles. The first-order valence-electron chi connectivity index (χ1n) is 9.78. The Balaban J connectivity index is 0.00000218. The van der Waals surface area contributed by atoms with Gasteiger partial charge in [0.1, 0.15) is 17.1 Å². The van der Waals surface area contributed by atoms with Crippen LogP contribution in [0, 0.1) is 11.6 Å². The molecule has 0 amide bonds. The van der Waals surface area contributed by atoms with Gasteiger partial charge in [0.25, 0.3) is 0 Å². The van der Waals surface area contributed by atoms with Crippen molar-refractivity contribution in [3.8, 4) is 0 Å². The molecule has 0 atom stereocenters. The van der Waals surface area contributed by atoms with Crippen molar-refractivity contribution in [2.45, 2.75) is 25.3 Å². The number of carbonyl (C=O) groups is 1. The molecule has 0 unspecified atom stereocenters. The normalized spacial score (nSPS) is 19.2. The highest BCUT2D eigenvalue weighted by Gasteiger charge is 2.33. The molecule has 3 aliphatic rings. The standard InChI is InChI=1S/C21H21F2N3O3.ClH/c1-24-5-4-11-8-25(9-12(11)7-24)19-16(22)6-14-18(17(19)23)26(13-2-3-13)10-15(20(14)27)21(28)29;/h6,10,13H,2-5,7-9H2,1H3,(H,28,29);1H. The molecule has 0 spiro atoms. The first kappa shape index (κ1) is 20.8. The fourth-order valence-electron chi connectivity index (χ4n) is 4.56. The second-order valence-electron chi connectivity index (χ2n) is 8.28. The first-order valence-corrected chi connectivity index (χ1v) is 9.78. The largest absolute Gasteiger partial charge is 0.477 e. The van der Waals surface area contributed by atoms with Crippen LogP contribution in [0.15, 0.2) is 28.2 Å². The van der Waals surface area contributed by atoms with Crippen LogP contribution in [-0.4, -0.2) is 53.8 Å². The molecule has 2 aromatic rings. The molecule has 5 rings (SSSR count). The zero-order chi connectivity index (χ0) is 20.4. The van der Waals surface area contributed by atoms with Gasteiger partial charge in [0, 0.05) is 38.4 Å². The number of carboxylic acids is 1. The van der Waals surface area contributed by atoms with Gasteiger partial charge in [-0.05, 0) is 43.5 Å². The Labute approximate surface area is 177 Å². The van der Waals surface area contributed by atoms with Gasteiger partial charge in [-0.3, -0.25) is 4.79 Å². The molecular weight excluding hydrogens is 416 g/mol. The lowest BCUT2D eigenvalue weighted by Crippen LogP contribution is -2.28. The van der Waals surface area contributed by atoms with Gasteiger partial charge in [-0.1, -0.05) is 0 Å². The van der Waals surface area contributed by atoms with Crippen molar-refractivity contribution >= 4 is 35.0 Å². The molecule has 6 nitrogen and oxygen atoms in total. The van der Waals surface area contributed by atoms with E-state index in [2.05, 4.69) is 4.90 Å². The van der Waals surface area contributed by atoms with Crippen LogP contribution in [0.25, 0.3) is 10.9 Å². The van der Waals surface area contributed by atoms with Crippen molar-refractivity contribution in [2.24, 2.45) is 0 Å². The predicted octanol–water partition coefficient (Wildman–Crippen LogP) is 3.19. The van der Waals surface area contributed by atoms with E-state index >= 15 is 8.78 Å². The lowest BCUT2D eigenvalue weighted by molar-refractivity contribution is 0.0695. The van der Waals surface area contributed by atoms with Crippen LogP contribution >= 0.6 is 12.4 Å². The Bertz CT molecular complexity index is 1160. The summed E-state index contributed by atoms with van der Waals surface area (Å²) in [4.78, 5) is 27.9. The molecule has 0 saturated heterocycles. The third kappa shape index (κ3) is 3.18. The average Bonchev–Trinajstić information content (AvgIpc) is 3.42. The fraction of sp³-hybridized carbons (Fsp3) is 0.429. The maximum atomic E-state index is 15.7. The Morgan fingerprint density at radius 2 is 1.87 bits per heavy atom. The van der Waals surface area contributed by atoms with Gasteiger partial charge >= 0.3 is 5.97 Å². The van der Waals surface area contributed by atoms with Crippen LogP contribution in [-0.2, 0) is 0 Å². The van der Waals surface area contributed by atoms with E-state index in [-0.39, 0.29) is 35.0 Å². The molecule has 9 heteroatoms. The highest BCUT2D eigenvalue weighted by Crippen LogP contribution is 2.40. The molecule has 3 heterocycles. The number of hydrogen-bond donors (Lipinski definition) is 1. The first-order chi connectivity index (χ1) is 13.8. The SMILES string of the molecule is CN1CCC2=C(C1)CN(c1c(F)cc3c(=O)c(C(=O)O)cn(C4CC4)c3c1F)C2.Cl. The van der Waals surface area contributed by atoms with E-state index in [1.54, 1.807) is 4.90 Å². The summed E-state index contributed by atoms with van der Waals surface area (Å²) in [6.07, 6.45) is 3.63. The van der Waals surface area contributed by atoms with E-state index < -0.39 is 28.6 Å². The zero-order valence-electron chi connectivity index (χ0n) is 16.5. The predicted molar refractivity (Wildman–Crippen MR) is 112 cm³/mol. The van der Waals surface area contributed by atoms with E-state index in [0.29, 0.717) is 13.1 Å². The van der Waals surface area contributed by atoms with Crippen LogP contribution < -0.4 is 10.3 Å². The topological polar surface area (TPSA) is 65.8 Å². The summed E-state index contributed by atoms with van der Waals surface area (Å²) in [5, 5.41) is 9.12. The summed E-state index contributed by atoms with van der Waals surface area (Å²) in [7, 11) is 2.03. The third-order valence-electron chi connectivity index (χ3n) is 6.19. The Morgan fingerprint density at radius 3 is 2.53 bits per heavy atom. The second-order valence-corrected chi connectivity index (χ2v) is 8.28. The van der Waals surface area contributed by atoms with Crippen molar-refractivity contribution in [3.05, 3.63) is 50.8 Å². The zero-order valence-corrected chi connectivity index (χ0v) is 17.3. The molecular formula is C21H22ClF2N3O3. The molecule has 2 aliphatic heterocycles. The Kier molecular flexibility index (Phi) is 5.10.